The smallest absolute Gasteiger partial charge is 0.246 e. The van der Waals surface area contributed by atoms with E-state index in [1.54, 1.807) is 4.90 Å². The summed E-state index contributed by atoms with van der Waals surface area (Å²) in [5.74, 6) is -1.17. The molecule has 1 aromatic rings. The lowest BCUT2D eigenvalue weighted by molar-refractivity contribution is -0.145. The summed E-state index contributed by atoms with van der Waals surface area (Å²) in [4.78, 5) is 54.1. The third-order valence-electron chi connectivity index (χ3n) is 8.54. The van der Waals surface area contributed by atoms with Gasteiger partial charge in [0.1, 0.15) is 18.1 Å². The largest absolute Gasteiger partial charge is 0.356 e. The van der Waals surface area contributed by atoms with Gasteiger partial charge in [-0.1, -0.05) is 65.0 Å². The molecule has 0 bridgehead atoms. The molecule has 204 valence electrons. The predicted octanol–water partition coefficient (Wildman–Crippen LogP) is 1.78. The summed E-state index contributed by atoms with van der Waals surface area (Å²) in [6, 6.07) is 9.10. The fourth-order valence-corrected chi connectivity index (χ4v) is 6.18. The molecule has 4 rings (SSSR count). The van der Waals surface area contributed by atoms with E-state index in [0.29, 0.717) is 19.5 Å². The Morgan fingerprint density at radius 2 is 1.87 bits per heavy atom. The molecule has 6 atom stereocenters. The maximum atomic E-state index is 14.0. The van der Waals surface area contributed by atoms with Crippen LogP contribution in [0.25, 0.3) is 0 Å². The number of hydrogen-bond acceptors (Lipinski definition) is 5. The highest BCUT2D eigenvalue weighted by Gasteiger charge is 2.69. The number of nitrogens with zero attached hydrogens (tertiary/aromatic N) is 2. The van der Waals surface area contributed by atoms with Gasteiger partial charge >= 0.3 is 0 Å². The third kappa shape index (κ3) is 5.54. The van der Waals surface area contributed by atoms with Crippen molar-refractivity contribution in [3.05, 3.63) is 35.9 Å². The molecule has 0 unspecified atom stereocenters. The number of hydrogen-bond donors (Lipinski definition) is 3. The number of benzene rings is 1. The fraction of sp³-hybridized carbons (Fsp3) is 0.621. The van der Waals surface area contributed by atoms with Crippen LogP contribution in [0.5, 0.6) is 0 Å². The molecule has 1 aromatic carbocycles. The first kappa shape index (κ1) is 27.6. The molecule has 38 heavy (non-hydrogen) atoms. The van der Waals surface area contributed by atoms with Crippen molar-refractivity contribution in [1.29, 1.82) is 5.26 Å². The van der Waals surface area contributed by atoms with Gasteiger partial charge in [0.15, 0.2) is 0 Å². The summed E-state index contributed by atoms with van der Waals surface area (Å²) < 4.78 is 0. The van der Waals surface area contributed by atoms with Crippen molar-refractivity contribution in [1.82, 2.24) is 20.9 Å². The zero-order valence-corrected chi connectivity index (χ0v) is 22.9. The van der Waals surface area contributed by atoms with Crippen molar-refractivity contribution >= 4 is 23.6 Å². The molecule has 9 nitrogen and oxygen atoms in total. The molecule has 1 saturated carbocycles. The minimum atomic E-state index is -0.821. The van der Waals surface area contributed by atoms with Gasteiger partial charge in [-0.2, -0.15) is 5.26 Å². The molecule has 0 radical (unpaired) electrons. The van der Waals surface area contributed by atoms with Crippen molar-refractivity contribution in [3.8, 4) is 6.07 Å². The van der Waals surface area contributed by atoms with Crippen LogP contribution in [0.2, 0.25) is 0 Å². The lowest BCUT2D eigenvalue weighted by atomic mass is 9.85. The molecule has 0 spiro atoms. The Balaban J connectivity index is 1.50. The molecule has 0 aromatic heterocycles. The number of amides is 4. The van der Waals surface area contributed by atoms with Crippen LogP contribution in [0.15, 0.2) is 30.3 Å². The van der Waals surface area contributed by atoms with E-state index in [1.165, 1.54) is 0 Å². The Morgan fingerprint density at radius 3 is 2.45 bits per heavy atom. The first-order valence-corrected chi connectivity index (χ1v) is 13.5. The Bertz CT molecular complexity index is 1140. The van der Waals surface area contributed by atoms with E-state index in [-0.39, 0.29) is 59.6 Å². The third-order valence-corrected chi connectivity index (χ3v) is 8.54. The van der Waals surface area contributed by atoms with Gasteiger partial charge in [-0.15, -0.1) is 0 Å². The molecule has 3 N–H and O–H groups in total. The summed E-state index contributed by atoms with van der Waals surface area (Å²) in [6.07, 6.45) is 1.03. The monoisotopic (exact) mass is 521 g/mol. The van der Waals surface area contributed by atoms with E-state index >= 15 is 0 Å². The average molecular weight is 522 g/mol. The highest BCUT2D eigenvalue weighted by Crippen LogP contribution is 2.65. The molecule has 9 heteroatoms. The first-order valence-electron chi connectivity index (χ1n) is 13.5. The second-order valence-corrected chi connectivity index (χ2v) is 12.6. The van der Waals surface area contributed by atoms with Gasteiger partial charge in [0.25, 0.3) is 0 Å². The van der Waals surface area contributed by atoms with Crippen molar-refractivity contribution in [2.45, 2.75) is 72.0 Å². The number of fused-ring (bicyclic) bond motifs is 1. The van der Waals surface area contributed by atoms with Gasteiger partial charge in [-0.3, -0.25) is 19.2 Å². The van der Waals surface area contributed by atoms with E-state index in [9.17, 15) is 24.4 Å². The van der Waals surface area contributed by atoms with Crippen LogP contribution in [0.1, 0.15) is 53.0 Å². The molecule has 1 aliphatic carbocycles. The second-order valence-electron chi connectivity index (χ2n) is 12.6. The van der Waals surface area contributed by atoms with E-state index < -0.39 is 23.5 Å². The maximum Gasteiger partial charge on any atom is 0.246 e. The van der Waals surface area contributed by atoms with Crippen LogP contribution in [0.3, 0.4) is 0 Å². The topological polar surface area (TPSA) is 131 Å². The Morgan fingerprint density at radius 1 is 1.18 bits per heavy atom. The second kappa shape index (κ2) is 10.4. The molecule has 3 aliphatic rings. The lowest BCUT2D eigenvalue weighted by Gasteiger charge is -2.37. The van der Waals surface area contributed by atoms with Crippen LogP contribution in [-0.2, 0) is 25.6 Å². The number of piperidine rings is 1. The number of rotatable bonds is 8. The van der Waals surface area contributed by atoms with Gasteiger partial charge in [-0.25, -0.2) is 0 Å². The maximum absolute atomic E-state index is 14.0. The van der Waals surface area contributed by atoms with Crippen molar-refractivity contribution in [2.75, 3.05) is 13.1 Å². The highest BCUT2D eigenvalue weighted by atomic mass is 16.2. The normalized spacial score (nSPS) is 26.9. The van der Waals surface area contributed by atoms with Crippen LogP contribution < -0.4 is 16.0 Å². The van der Waals surface area contributed by atoms with Crippen LogP contribution in [0.4, 0.5) is 0 Å². The SMILES string of the molecule is CC(C)(C)[C@H](NC(=O)Cc1ccccc1)C(=O)N1C[C@H]2[C@@H]([C@H]1C(=O)N[C@H](C#N)C[C@@H]1CCNC1=O)C2(C)C. The number of nitrogens with one attached hydrogen (secondary N) is 3. The Labute approximate surface area is 224 Å². The molecule has 2 saturated heterocycles. The average Bonchev–Trinajstić information content (AvgIpc) is 3.20. The fourth-order valence-electron chi connectivity index (χ4n) is 6.18. The minimum Gasteiger partial charge on any atom is -0.356 e. The summed E-state index contributed by atoms with van der Waals surface area (Å²) >= 11 is 0. The zero-order valence-electron chi connectivity index (χ0n) is 22.9. The lowest BCUT2D eigenvalue weighted by Crippen LogP contribution is -2.60. The van der Waals surface area contributed by atoms with Gasteiger partial charge in [0.05, 0.1) is 12.5 Å². The Kier molecular flexibility index (Phi) is 7.55. The summed E-state index contributed by atoms with van der Waals surface area (Å²) in [7, 11) is 0. The van der Waals surface area contributed by atoms with Gasteiger partial charge in [0, 0.05) is 19.0 Å². The number of nitriles is 1. The number of carbonyl (C=O) groups excluding carboxylic acids is 4. The van der Waals surface area contributed by atoms with Crippen molar-refractivity contribution in [2.24, 2.45) is 28.6 Å². The quantitative estimate of drug-likeness (QED) is 0.480. The van der Waals surface area contributed by atoms with Crippen molar-refractivity contribution in [3.63, 3.8) is 0 Å². The van der Waals surface area contributed by atoms with Crippen LogP contribution in [0, 0.1) is 39.9 Å². The van der Waals surface area contributed by atoms with E-state index in [4.69, 9.17) is 0 Å². The first-order chi connectivity index (χ1) is 17.8. The van der Waals surface area contributed by atoms with Gasteiger partial charge in [0.2, 0.25) is 23.6 Å². The molecule has 4 amide bonds. The summed E-state index contributed by atoms with van der Waals surface area (Å²) in [6.45, 7) is 10.9. The number of carbonyl (C=O) groups is 4. The molecule has 2 aliphatic heterocycles. The minimum absolute atomic E-state index is 0.0267. The Hall–Kier alpha value is -3.41. The number of likely N-dealkylation sites (tertiary alicyclic amines) is 1. The van der Waals surface area contributed by atoms with E-state index in [1.807, 2.05) is 51.1 Å². The summed E-state index contributed by atoms with van der Waals surface area (Å²) in [5.41, 5.74) is 0.169. The predicted molar refractivity (Wildman–Crippen MR) is 141 cm³/mol. The van der Waals surface area contributed by atoms with Gasteiger partial charge in [-0.05, 0) is 41.1 Å². The van der Waals surface area contributed by atoms with Gasteiger partial charge < -0.3 is 20.9 Å². The summed E-state index contributed by atoms with van der Waals surface area (Å²) in [5, 5.41) is 18.2. The molecular weight excluding hydrogens is 482 g/mol. The highest BCUT2D eigenvalue weighted by molar-refractivity contribution is 5.94. The van der Waals surface area contributed by atoms with Crippen LogP contribution >= 0.6 is 0 Å². The molecular formula is C29H39N5O4. The zero-order chi connectivity index (χ0) is 27.8. The van der Waals surface area contributed by atoms with E-state index in [2.05, 4.69) is 35.9 Å². The molecule has 2 heterocycles. The van der Waals surface area contributed by atoms with Crippen molar-refractivity contribution < 1.29 is 19.2 Å². The molecule has 3 fully saturated rings. The van der Waals surface area contributed by atoms with E-state index in [0.717, 1.165) is 5.56 Å². The van der Waals surface area contributed by atoms with Crippen LogP contribution in [-0.4, -0.2) is 59.7 Å². The standard InChI is InChI=1S/C29H39N5O4/c1-28(2,3)24(33-21(35)13-17-9-7-6-8-10-17)27(38)34-16-20-22(29(20,4)5)23(34)26(37)32-19(15-30)14-18-11-12-31-25(18)36/h6-10,18-20,22-24H,11-14,16H2,1-5H3,(H,31,36)(H,32,37)(H,33,35)/t18-,19-,20-,22-,23-,24+/m0/s1.